The Kier molecular flexibility index (Phi) is 3.62. The van der Waals surface area contributed by atoms with Gasteiger partial charge in [0.05, 0.1) is 15.6 Å². The fraction of sp³-hybridized carbons (Fsp3) is 0.450. The van der Waals surface area contributed by atoms with Crippen molar-refractivity contribution in [1.82, 2.24) is 9.88 Å². The van der Waals surface area contributed by atoms with Crippen molar-refractivity contribution in [2.75, 3.05) is 25.1 Å². The molecule has 0 saturated carbocycles. The highest BCUT2D eigenvalue weighted by atomic mass is 32.2. The van der Waals surface area contributed by atoms with Crippen LogP contribution in [0.5, 0.6) is 0 Å². The van der Waals surface area contributed by atoms with Crippen molar-refractivity contribution in [2.45, 2.75) is 25.3 Å². The number of rotatable bonds is 1. The van der Waals surface area contributed by atoms with E-state index in [1.54, 1.807) is 0 Å². The summed E-state index contributed by atoms with van der Waals surface area (Å²) in [6, 6.07) is 6.59. The van der Waals surface area contributed by atoms with Crippen LogP contribution in [0.4, 0.5) is 0 Å². The Balaban J connectivity index is 1.59. The number of carbonyl (C=O) groups is 1. The van der Waals surface area contributed by atoms with Crippen LogP contribution < -0.4 is 0 Å². The Morgan fingerprint density at radius 1 is 1.31 bits per heavy atom. The molecule has 5 nitrogen and oxygen atoms in total. The van der Waals surface area contributed by atoms with Gasteiger partial charge in [0.1, 0.15) is 0 Å². The molecule has 0 spiro atoms. The van der Waals surface area contributed by atoms with Gasteiger partial charge in [0, 0.05) is 41.2 Å². The molecule has 1 aromatic carbocycles. The second kappa shape index (κ2) is 5.79. The Labute approximate surface area is 153 Å². The summed E-state index contributed by atoms with van der Waals surface area (Å²) in [5.41, 5.74) is 4.91. The van der Waals surface area contributed by atoms with Crippen molar-refractivity contribution < 1.29 is 9.00 Å². The fourth-order valence-electron chi connectivity index (χ4n) is 4.69. The average Bonchev–Trinajstić information content (AvgIpc) is 3.23. The zero-order valence-corrected chi connectivity index (χ0v) is 15.7. The molecule has 2 aliphatic heterocycles. The lowest BCUT2D eigenvalue weighted by Crippen LogP contribution is -2.44. The Morgan fingerprint density at radius 3 is 2.92 bits per heavy atom. The van der Waals surface area contributed by atoms with E-state index in [1.165, 1.54) is 22.1 Å². The van der Waals surface area contributed by atoms with Gasteiger partial charge in [-0.25, -0.2) is 4.21 Å². The van der Waals surface area contributed by atoms with Crippen LogP contribution >= 0.6 is 0 Å². The van der Waals surface area contributed by atoms with Crippen molar-refractivity contribution in [3.8, 4) is 0 Å². The van der Waals surface area contributed by atoms with Crippen molar-refractivity contribution >= 4 is 32.1 Å². The number of aromatic amines is 1. The summed E-state index contributed by atoms with van der Waals surface area (Å²) in [6.45, 7) is 0.641. The van der Waals surface area contributed by atoms with Crippen molar-refractivity contribution in [1.29, 1.82) is 0 Å². The number of hydrogen-bond acceptors (Lipinski definition) is 3. The van der Waals surface area contributed by atoms with Crippen molar-refractivity contribution in [3.05, 3.63) is 41.6 Å². The smallest absolute Gasteiger partial charge is 0.262 e. The molecule has 1 amide bonds. The Morgan fingerprint density at radius 2 is 2.12 bits per heavy atom. The van der Waals surface area contributed by atoms with E-state index in [2.05, 4.69) is 51.8 Å². The maximum absolute atomic E-state index is 12.8. The van der Waals surface area contributed by atoms with Gasteiger partial charge in [0.15, 0.2) is 0 Å². The maximum atomic E-state index is 12.8. The van der Waals surface area contributed by atoms with Gasteiger partial charge in [-0.2, -0.15) is 4.36 Å². The quantitative estimate of drug-likeness (QED) is 0.841. The van der Waals surface area contributed by atoms with Crippen LogP contribution in [0.1, 0.15) is 24.0 Å². The van der Waals surface area contributed by atoms with Gasteiger partial charge >= 0.3 is 0 Å². The van der Waals surface area contributed by atoms with Crippen LogP contribution in [0.25, 0.3) is 16.5 Å². The molecule has 3 heterocycles. The molecule has 26 heavy (non-hydrogen) atoms. The van der Waals surface area contributed by atoms with E-state index in [-0.39, 0.29) is 17.9 Å². The van der Waals surface area contributed by atoms with Gasteiger partial charge in [-0.1, -0.05) is 18.2 Å². The van der Waals surface area contributed by atoms with Crippen LogP contribution in [0.3, 0.4) is 0 Å². The molecule has 1 fully saturated rings. The number of nitrogens with one attached hydrogen (secondary N) is 1. The summed E-state index contributed by atoms with van der Waals surface area (Å²) in [7, 11) is -0.232. The average molecular weight is 369 g/mol. The van der Waals surface area contributed by atoms with Crippen LogP contribution in [0, 0.1) is 5.92 Å². The first-order chi connectivity index (χ1) is 12.5. The third-order valence-electron chi connectivity index (χ3n) is 6.02. The molecule has 2 atom stereocenters. The lowest BCUT2D eigenvalue weighted by Gasteiger charge is -2.39. The molecule has 0 radical (unpaired) electrons. The van der Waals surface area contributed by atoms with Crippen molar-refractivity contribution in [2.24, 2.45) is 10.3 Å². The Hall–Kier alpha value is -1.92. The number of hydrogen-bond donors (Lipinski definition) is 1. The highest BCUT2D eigenvalue weighted by molar-refractivity contribution is 7.94. The van der Waals surface area contributed by atoms with E-state index in [0.717, 1.165) is 24.8 Å². The number of likely N-dealkylation sites (N-methyl/N-ethyl adjacent to an activating group) is 1. The van der Waals surface area contributed by atoms with Crippen LogP contribution in [-0.2, 0) is 20.9 Å². The van der Waals surface area contributed by atoms with E-state index >= 15 is 0 Å². The van der Waals surface area contributed by atoms with Gasteiger partial charge < -0.3 is 4.98 Å². The first-order valence-corrected chi connectivity index (χ1v) is 11.2. The number of nitrogens with zero attached hydrogens (tertiary/aromatic N) is 2. The molecule has 0 bridgehead atoms. The predicted molar refractivity (Wildman–Crippen MR) is 104 cm³/mol. The minimum Gasteiger partial charge on any atom is -0.361 e. The van der Waals surface area contributed by atoms with Gasteiger partial charge in [-0.05, 0) is 49.1 Å². The number of amides is 1. The standard InChI is InChI=1S/C20H23N3O2S/c1-23-12-14(20(24)22-26(25)7-2-3-8-26)9-16-15-5-4-6-17-19(15)13(11-21-17)10-18(16)23/h4-6,9,11,14,18,21H,2-3,7-8,10,12H2,1H3. The lowest BCUT2D eigenvalue weighted by atomic mass is 9.80. The number of H-pyrrole nitrogens is 1. The summed E-state index contributed by atoms with van der Waals surface area (Å²) in [5, 5.41) is 1.27. The molecule has 1 aromatic heterocycles. The molecule has 5 rings (SSSR count). The second-order valence-electron chi connectivity index (χ2n) is 7.75. The van der Waals surface area contributed by atoms with Crippen LogP contribution in [0.15, 0.2) is 34.8 Å². The fourth-order valence-corrected chi connectivity index (χ4v) is 6.85. The number of aromatic nitrogens is 1. The van der Waals surface area contributed by atoms with Crippen molar-refractivity contribution in [3.63, 3.8) is 0 Å². The first kappa shape index (κ1) is 16.3. The largest absolute Gasteiger partial charge is 0.361 e. The topological polar surface area (TPSA) is 65.5 Å². The van der Waals surface area contributed by atoms with Gasteiger partial charge in [-0.3, -0.25) is 9.69 Å². The molecule has 2 aromatic rings. The van der Waals surface area contributed by atoms with Gasteiger partial charge in [-0.15, -0.1) is 0 Å². The first-order valence-electron chi connectivity index (χ1n) is 9.32. The molecule has 2 unspecified atom stereocenters. The molecule has 1 saturated heterocycles. The number of benzene rings is 1. The molecular weight excluding hydrogens is 346 g/mol. The predicted octanol–water partition coefficient (Wildman–Crippen LogP) is 2.83. The number of carbonyl (C=O) groups excluding carboxylic acids is 1. The van der Waals surface area contributed by atoms with Gasteiger partial charge in [0.2, 0.25) is 0 Å². The highest BCUT2D eigenvalue weighted by Gasteiger charge is 2.36. The minimum absolute atomic E-state index is 0.207. The van der Waals surface area contributed by atoms with Gasteiger partial charge in [0.25, 0.3) is 5.91 Å². The van der Waals surface area contributed by atoms with E-state index in [1.807, 2.05) is 0 Å². The SMILES string of the molecule is CN1CC(C(=O)N=S2(=O)CCCC2)C=C2c3cccc4[nH]cc(c34)CC21. The molecule has 136 valence electrons. The molecule has 1 aliphatic carbocycles. The monoisotopic (exact) mass is 369 g/mol. The third-order valence-corrected chi connectivity index (χ3v) is 8.38. The summed E-state index contributed by atoms with van der Waals surface area (Å²) in [4.78, 5) is 18.4. The summed E-state index contributed by atoms with van der Waals surface area (Å²) in [5.74, 6) is 0.640. The van der Waals surface area contributed by atoms with E-state index < -0.39 is 9.73 Å². The van der Waals surface area contributed by atoms with E-state index in [4.69, 9.17) is 0 Å². The third kappa shape index (κ3) is 2.47. The molecular formula is C20H23N3O2S. The summed E-state index contributed by atoms with van der Waals surface area (Å²) in [6.07, 6.45) is 6.99. The van der Waals surface area contributed by atoms with E-state index in [9.17, 15) is 9.00 Å². The zero-order chi connectivity index (χ0) is 17.9. The minimum atomic E-state index is -2.31. The highest BCUT2D eigenvalue weighted by Crippen LogP contribution is 2.40. The Bertz CT molecular complexity index is 1050. The van der Waals surface area contributed by atoms with E-state index in [0.29, 0.717) is 18.1 Å². The molecule has 6 heteroatoms. The zero-order valence-electron chi connectivity index (χ0n) is 14.9. The molecule has 1 N–H and O–H groups in total. The summed E-state index contributed by atoms with van der Waals surface area (Å²) < 4.78 is 16.9. The number of fused-ring (bicyclic) bond motifs is 2. The normalized spacial score (nSPS) is 27.2. The second-order valence-corrected chi connectivity index (χ2v) is 10.3. The lowest BCUT2D eigenvalue weighted by molar-refractivity contribution is -0.120. The maximum Gasteiger partial charge on any atom is 0.262 e. The van der Waals surface area contributed by atoms with Crippen LogP contribution in [-0.4, -0.2) is 51.1 Å². The molecule has 3 aliphatic rings. The summed E-state index contributed by atoms with van der Waals surface area (Å²) >= 11 is 0. The van der Waals surface area contributed by atoms with Crippen LogP contribution in [0.2, 0.25) is 0 Å².